The number of nitrogens with one attached hydrogen (secondary N) is 8. The van der Waals surface area contributed by atoms with Crippen molar-refractivity contribution in [1.29, 1.82) is 0 Å². The molecule has 0 saturated carbocycles. The number of nitrogens with zero attached hydrogens (tertiary/aromatic N) is 4. The Morgan fingerprint density at radius 2 is 1.24 bits per heavy atom. The lowest BCUT2D eigenvalue weighted by Gasteiger charge is -2.31. The van der Waals surface area contributed by atoms with Crippen LogP contribution in [0.15, 0.2) is 51.3 Å². The molecule has 3 rings (SSSR count). The number of rotatable bonds is 37. The minimum absolute atomic E-state index is 0.00554. The number of fused-ring (bicyclic) bond motifs is 1. The van der Waals surface area contributed by atoms with Gasteiger partial charge in [-0.3, -0.25) is 53.1 Å². The van der Waals surface area contributed by atoms with Crippen LogP contribution in [0.4, 0.5) is 5.69 Å². The average Bonchev–Trinajstić information content (AvgIpc) is 1.08. The summed E-state index contributed by atoms with van der Waals surface area (Å²) in [5.74, 6) is -8.34. The smallest absolute Gasteiger partial charge is 0.245 e. The molecular formula is C55H92N18O12S. The van der Waals surface area contributed by atoms with E-state index in [1.54, 1.807) is 32.0 Å². The number of likely N-dealkylation sites (tertiary alicyclic amines) is 1. The molecule has 0 bridgehead atoms. The zero-order valence-electron chi connectivity index (χ0n) is 50.4. The molecule has 2 aromatic carbocycles. The lowest BCUT2D eigenvalue weighted by Crippen LogP contribution is -2.60. The molecule has 0 aliphatic carbocycles. The first kappa shape index (κ1) is 72.4. The molecule has 480 valence electrons. The first-order chi connectivity index (χ1) is 40.5. The van der Waals surface area contributed by atoms with Gasteiger partial charge < -0.3 is 86.5 Å². The van der Waals surface area contributed by atoms with E-state index in [2.05, 4.69) is 51.9 Å². The van der Waals surface area contributed by atoms with E-state index in [0.29, 0.717) is 36.5 Å². The molecular weight excluding hydrogens is 1140 g/mol. The normalized spacial score (nSPS) is 15.9. The van der Waals surface area contributed by atoms with Crippen LogP contribution in [0, 0.1) is 11.8 Å². The van der Waals surface area contributed by atoms with E-state index in [-0.39, 0.29) is 93.9 Å². The number of amides is 9. The second-order valence-electron chi connectivity index (χ2n) is 21.9. The van der Waals surface area contributed by atoms with E-state index >= 15 is 0 Å². The zero-order valence-corrected chi connectivity index (χ0v) is 51.2. The van der Waals surface area contributed by atoms with Crippen molar-refractivity contribution in [2.75, 3.05) is 58.3 Å². The molecule has 21 N–H and O–H groups in total. The lowest BCUT2D eigenvalue weighted by molar-refractivity contribution is -0.141. The second-order valence-corrected chi connectivity index (χ2v) is 23.6. The third-order valence-electron chi connectivity index (χ3n) is 14.3. The van der Waals surface area contributed by atoms with Gasteiger partial charge in [0.2, 0.25) is 63.2 Å². The molecule has 1 aliphatic heterocycles. The molecule has 1 aliphatic rings. The highest BCUT2D eigenvalue weighted by atomic mass is 32.2. The molecule has 2 aromatic rings. The van der Waals surface area contributed by atoms with Crippen molar-refractivity contribution < 1.29 is 56.7 Å². The first-order valence-electron chi connectivity index (χ1n) is 28.9. The number of anilines is 1. The molecule has 1 heterocycles. The number of hydrogen-bond donors (Lipinski definition) is 15. The topological polar surface area (TPSA) is 492 Å². The Labute approximate surface area is 502 Å². The highest BCUT2D eigenvalue weighted by Crippen LogP contribution is 2.31. The van der Waals surface area contributed by atoms with E-state index < -0.39 is 131 Å². The van der Waals surface area contributed by atoms with Crippen molar-refractivity contribution in [1.82, 2.24) is 46.8 Å². The number of unbranched alkanes of at least 4 members (excludes halogenated alkanes) is 1. The van der Waals surface area contributed by atoms with Gasteiger partial charge in [-0.1, -0.05) is 58.4 Å². The Morgan fingerprint density at radius 1 is 0.674 bits per heavy atom. The van der Waals surface area contributed by atoms with Crippen molar-refractivity contribution in [3.63, 3.8) is 0 Å². The van der Waals surface area contributed by atoms with Crippen LogP contribution >= 0.6 is 0 Å². The molecule has 0 unspecified atom stereocenters. The van der Waals surface area contributed by atoms with Gasteiger partial charge in [-0.05, 0) is 102 Å². The molecule has 30 nitrogen and oxygen atoms in total. The van der Waals surface area contributed by atoms with Gasteiger partial charge in [-0.25, -0.2) is 8.42 Å². The van der Waals surface area contributed by atoms with Gasteiger partial charge >= 0.3 is 0 Å². The SMILES string of the molecule is CC[C@H](C)[C@H](NC(=O)CNC(=O)CNC(=O)[C@@H](NC(=O)[C@H](CCCCN)NC(=O)[C@@H]1CCCN1C(=O)[C@H](CC(C)C)NS(=O)(=O)c1cccc2c(N(C)C)cccc12)[C@@H](C)O)C(=O)N[C@@H](CCCN=C(N)N)C(=O)N[C@@H](CCCN=C(N)N)C(N)=O. The maximum absolute atomic E-state index is 14.4. The van der Waals surface area contributed by atoms with Gasteiger partial charge in [-0.2, -0.15) is 4.72 Å². The average molecular weight is 1230 g/mol. The number of sulfonamides is 1. The summed E-state index contributed by atoms with van der Waals surface area (Å²) in [5, 5.41) is 29.4. The summed E-state index contributed by atoms with van der Waals surface area (Å²) in [6.07, 6.45) is 0.892. The Balaban J connectivity index is 1.69. The third-order valence-corrected chi connectivity index (χ3v) is 15.8. The highest BCUT2D eigenvalue weighted by molar-refractivity contribution is 7.89. The van der Waals surface area contributed by atoms with E-state index in [9.17, 15) is 56.7 Å². The molecule has 9 atom stereocenters. The summed E-state index contributed by atoms with van der Waals surface area (Å²) in [6.45, 7) is 7.50. The van der Waals surface area contributed by atoms with Crippen LogP contribution in [0.5, 0.6) is 0 Å². The Hall–Kier alpha value is -7.90. The quantitative estimate of drug-likeness (QED) is 0.0177. The molecule has 0 spiro atoms. The highest BCUT2D eigenvalue weighted by Gasteiger charge is 2.41. The van der Waals surface area contributed by atoms with Crippen molar-refractivity contribution in [3.05, 3.63) is 36.4 Å². The van der Waals surface area contributed by atoms with Gasteiger partial charge in [-0.15, -0.1) is 0 Å². The number of aliphatic imine (C=N–C) groups is 2. The maximum atomic E-state index is 14.4. The van der Waals surface area contributed by atoms with Crippen molar-refractivity contribution in [2.24, 2.45) is 56.2 Å². The predicted molar refractivity (Wildman–Crippen MR) is 325 cm³/mol. The van der Waals surface area contributed by atoms with Crippen molar-refractivity contribution >= 4 is 91.6 Å². The van der Waals surface area contributed by atoms with Crippen LogP contribution in [0.25, 0.3) is 10.8 Å². The number of hydrogen-bond acceptors (Lipinski definition) is 16. The second kappa shape index (κ2) is 35.5. The number of aliphatic hydroxyl groups is 1. The number of carbonyl (C=O) groups excluding carboxylic acids is 9. The van der Waals surface area contributed by atoms with Crippen LogP contribution in [0.1, 0.15) is 105 Å². The summed E-state index contributed by atoms with van der Waals surface area (Å²) in [4.78, 5) is 133. The van der Waals surface area contributed by atoms with Gasteiger partial charge in [0, 0.05) is 50.2 Å². The first-order valence-corrected chi connectivity index (χ1v) is 30.4. The minimum atomic E-state index is -4.31. The molecule has 1 saturated heterocycles. The third kappa shape index (κ3) is 23.2. The largest absolute Gasteiger partial charge is 0.391 e. The number of carbonyl (C=O) groups is 9. The Morgan fingerprint density at radius 3 is 1.83 bits per heavy atom. The monoisotopic (exact) mass is 1230 g/mol. The molecule has 0 radical (unpaired) electrons. The van der Waals surface area contributed by atoms with Gasteiger partial charge in [0.15, 0.2) is 11.9 Å². The van der Waals surface area contributed by atoms with Crippen molar-refractivity contribution in [3.8, 4) is 0 Å². The Kier molecular flexibility index (Phi) is 29.9. The zero-order chi connectivity index (χ0) is 64.4. The molecule has 0 aromatic heterocycles. The number of guanidine groups is 2. The van der Waals surface area contributed by atoms with E-state index in [4.69, 9.17) is 34.4 Å². The maximum Gasteiger partial charge on any atom is 0.245 e. The summed E-state index contributed by atoms with van der Waals surface area (Å²) < 4.78 is 31.0. The number of nitrogens with two attached hydrogens (primary N) is 6. The standard InChI is InChI=1S/C55H92N18O12S/c1-8-32(4)45(52(82)68-38(20-14-26-63-55(60)61)48(78)66-36(47(57)77)19-13-25-62-54(58)59)69-44(76)30-64-43(75)29-65-51(81)46(33(5)74)70-49(79)37(18-9-10-24-56)67-50(80)41-22-15-27-73(41)53(83)39(28-31(2)3)71-86(84,85)42-23-12-16-34-35(42)17-11-21-40(34)72(6)7/h11-12,16-17,21,23,31-33,36-39,41,45-46,71,74H,8-10,13-15,18-20,22,24-30,56H2,1-7H3,(H2,57,77)(H,64,75)(H,65,81)(H,66,78)(H,67,80)(H,68,82)(H,69,76)(H,70,79)(H4,58,59,62)(H4,60,61,63)/t32-,33+,36-,37-,38-,39-,41-,45-,46-/m0/s1. The van der Waals surface area contributed by atoms with Gasteiger partial charge in [0.1, 0.15) is 42.3 Å². The fourth-order valence-corrected chi connectivity index (χ4v) is 11.0. The van der Waals surface area contributed by atoms with Crippen LogP contribution in [0.2, 0.25) is 0 Å². The Bertz CT molecular complexity index is 2830. The van der Waals surface area contributed by atoms with Crippen LogP contribution in [0.3, 0.4) is 0 Å². The molecule has 86 heavy (non-hydrogen) atoms. The number of aliphatic hydroxyl groups excluding tert-OH is 1. The number of benzene rings is 2. The summed E-state index contributed by atoms with van der Waals surface area (Å²) in [6, 6.07) is 1.23. The summed E-state index contributed by atoms with van der Waals surface area (Å²) in [5.41, 5.74) is 33.7. The lowest BCUT2D eigenvalue weighted by atomic mass is 9.97. The molecule has 1 fully saturated rings. The minimum Gasteiger partial charge on any atom is -0.391 e. The predicted octanol–water partition coefficient (Wildman–Crippen LogP) is -3.61. The van der Waals surface area contributed by atoms with Gasteiger partial charge in [0.25, 0.3) is 0 Å². The van der Waals surface area contributed by atoms with E-state index in [1.165, 1.54) is 17.9 Å². The number of primary amides is 1. The fourth-order valence-electron chi connectivity index (χ4n) is 9.54. The molecule has 9 amide bonds. The molecule has 31 heteroatoms. The van der Waals surface area contributed by atoms with Crippen LogP contribution in [-0.2, 0) is 53.2 Å². The van der Waals surface area contributed by atoms with Gasteiger partial charge in [0.05, 0.1) is 24.1 Å². The van der Waals surface area contributed by atoms with Crippen molar-refractivity contribution in [2.45, 2.75) is 159 Å². The summed E-state index contributed by atoms with van der Waals surface area (Å²) in [7, 11) is -0.627. The van der Waals surface area contributed by atoms with Crippen LogP contribution in [-0.4, -0.2) is 185 Å². The van der Waals surface area contributed by atoms with Crippen LogP contribution < -0.4 is 81.2 Å². The fraction of sp³-hybridized carbons (Fsp3) is 0.618. The van der Waals surface area contributed by atoms with E-state index in [0.717, 1.165) is 5.69 Å². The van der Waals surface area contributed by atoms with E-state index in [1.807, 2.05) is 45.0 Å². The summed E-state index contributed by atoms with van der Waals surface area (Å²) >= 11 is 0.